The van der Waals surface area contributed by atoms with Crippen molar-refractivity contribution in [3.05, 3.63) is 42.5 Å². The van der Waals surface area contributed by atoms with Crippen molar-refractivity contribution in [2.75, 3.05) is 49.3 Å². The molecule has 0 spiro atoms. The molecule has 2 aromatic rings. The molecule has 31 heavy (non-hydrogen) atoms. The first kappa shape index (κ1) is 22.0. The fourth-order valence-corrected chi connectivity index (χ4v) is 5.25. The molecule has 0 unspecified atom stereocenters. The second-order valence-electron chi connectivity index (χ2n) is 9.04. The summed E-state index contributed by atoms with van der Waals surface area (Å²) in [6.45, 7) is 9.64. The summed E-state index contributed by atoms with van der Waals surface area (Å²) in [5.74, 6) is 1.59. The molecule has 2 heterocycles. The maximum atomic E-state index is 11.7. The lowest BCUT2D eigenvalue weighted by Crippen LogP contribution is -2.48. The smallest absolute Gasteiger partial charge is 0.175 e. The van der Waals surface area contributed by atoms with E-state index in [-0.39, 0.29) is 0 Å². The average molecular weight is 444 g/mol. The second kappa shape index (κ2) is 9.09. The molecule has 1 saturated heterocycles. The molecule has 0 saturated carbocycles. The number of sulfone groups is 1. The Kier molecular flexibility index (Phi) is 6.44. The number of para-hydroxylation sites is 1. The van der Waals surface area contributed by atoms with Gasteiger partial charge >= 0.3 is 0 Å². The Bertz CT molecular complexity index is 997. The normalized spacial score (nSPS) is 18.0. The predicted molar refractivity (Wildman–Crippen MR) is 126 cm³/mol. The summed E-state index contributed by atoms with van der Waals surface area (Å²) in [4.78, 5) is 5.42. The van der Waals surface area contributed by atoms with Crippen molar-refractivity contribution < 1.29 is 13.2 Å². The van der Waals surface area contributed by atoms with E-state index in [4.69, 9.17) is 4.74 Å². The summed E-state index contributed by atoms with van der Waals surface area (Å²) in [7, 11) is -3.20. The molecule has 1 N–H and O–H groups in total. The average Bonchev–Trinajstić information content (AvgIpc) is 2.74. The van der Waals surface area contributed by atoms with Gasteiger partial charge in [-0.15, -0.1) is 0 Å². The van der Waals surface area contributed by atoms with Crippen LogP contribution in [0.4, 0.5) is 17.1 Å². The largest absolute Gasteiger partial charge is 0.487 e. The van der Waals surface area contributed by atoms with Crippen LogP contribution in [0.3, 0.4) is 0 Å². The molecule has 0 radical (unpaired) electrons. The summed E-state index contributed by atoms with van der Waals surface area (Å²) in [6.07, 6.45) is 3.58. The molecule has 0 aliphatic carbocycles. The third kappa shape index (κ3) is 5.15. The molecule has 0 atom stereocenters. The van der Waals surface area contributed by atoms with Gasteiger partial charge in [0, 0.05) is 37.6 Å². The van der Waals surface area contributed by atoms with E-state index in [9.17, 15) is 8.42 Å². The van der Waals surface area contributed by atoms with Crippen LogP contribution < -0.4 is 15.0 Å². The number of ether oxygens (including phenoxy) is 1. The molecule has 1 fully saturated rings. The fourth-order valence-electron chi connectivity index (χ4n) is 4.62. The van der Waals surface area contributed by atoms with Crippen molar-refractivity contribution in [2.45, 2.75) is 37.6 Å². The van der Waals surface area contributed by atoms with Crippen molar-refractivity contribution in [3.63, 3.8) is 0 Å². The van der Waals surface area contributed by atoms with E-state index in [2.05, 4.69) is 41.1 Å². The van der Waals surface area contributed by atoms with Gasteiger partial charge in [0.1, 0.15) is 6.61 Å². The first-order valence-electron chi connectivity index (χ1n) is 11.1. The van der Waals surface area contributed by atoms with Gasteiger partial charge in [-0.2, -0.15) is 0 Å². The van der Waals surface area contributed by atoms with E-state index in [1.54, 1.807) is 24.3 Å². The molecule has 168 valence electrons. The van der Waals surface area contributed by atoms with E-state index in [0.717, 1.165) is 42.4 Å². The van der Waals surface area contributed by atoms with E-state index in [0.29, 0.717) is 23.5 Å². The highest BCUT2D eigenvalue weighted by atomic mass is 32.2. The standard InChI is InChI=1S/C24H33N3O3S/c1-18(2)17-26-13-11-20(12-14-26)27-15-16-30-24-22(5-4-6-23(24)27)25-19-7-9-21(10-8-19)31(3,28)29/h4-10,18,20,25H,11-17H2,1-3H3. The van der Waals surface area contributed by atoms with Gasteiger partial charge in [0.05, 0.1) is 22.8 Å². The van der Waals surface area contributed by atoms with E-state index >= 15 is 0 Å². The maximum Gasteiger partial charge on any atom is 0.175 e. The lowest BCUT2D eigenvalue weighted by atomic mass is 10.00. The molecular weight excluding hydrogens is 410 g/mol. The number of fused-ring (bicyclic) bond motifs is 1. The van der Waals surface area contributed by atoms with Crippen LogP contribution in [0.15, 0.2) is 47.4 Å². The van der Waals surface area contributed by atoms with Crippen molar-refractivity contribution >= 4 is 26.9 Å². The molecule has 0 amide bonds. The zero-order chi connectivity index (χ0) is 22.0. The molecule has 0 bridgehead atoms. The van der Waals surface area contributed by atoms with E-state index in [1.165, 1.54) is 25.6 Å². The summed E-state index contributed by atoms with van der Waals surface area (Å²) >= 11 is 0. The molecule has 6 nitrogen and oxygen atoms in total. The fraction of sp³-hybridized carbons (Fsp3) is 0.500. The first-order chi connectivity index (χ1) is 14.8. The van der Waals surface area contributed by atoms with Crippen molar-refractivity contribution in [1.29, 1.82) is 0 Å². The Morgan fingerprint density at radius 3 is 2.42 bits per heavy atom. The predicted octanol–water partition coefficient (Wildman–Crippen LogP) is 4.15. The molecule has 2 aliphatic heterocycles. The lowest BCUT2D eigenvalue weighted by molar-refractivity contribution is 0.184. The van der Waals surface area contributed by atoms with Crippen molar-refractivity contribution in [3.8, 4) is 5.75 Å². The molecule has 7 heteroatoms. The summed E-state index contributed by atoms with van der Waals surface area (Å²) in [5, 5.41) is 3.41. The number of nitrogens with zero attached hydrogens (tertiary/aromatic N) is 2. The monoisotopic (exact) mass is 443 g/mol. The molecule has 2 aliphatic rings. The minimum Gasteiger partial charge on any atom is -0.487 e. The van der Waals surface area contributed by atoms with Crippen LogP contribution >= 0.6 is 0 Å². The van der Waals surface area contributed by atoms with Gasteiger partial charge in [-0.1, -0.05) is 19.9 Å². The Morgan fingerprint density at radius 1 is 1.06 bits per heavy atom. The number of likely N-dealkylation sites (tertiary alicyclic amines) is 1. The van der Waals surface area contributed by atoms with Crippen LogP contribution in [0.1, 0.15) is 26.7 Å². The number of nitrogens with one attached hydrogen (secondary N) is 1. The van der Waals surface area contributed by atoms with Crippen LogP contribution in [0.2, 0.25) is 0 Å². The topological polar surface area (TPSA) is 61.9 Å². The Hall–Kier alpha value is -2.25. The summed E-state index contributed by atoms with van der Waals surface area (Å²) in [6, 6.07) is 13.6. The van der Waals surface area contributed by atoms with Gasteiger partial charge in [0.15, 0.2) is 15.6 Å². The minimum atomic E-state index is -3.20. The number of anilines is 3. The van der Waals surface area contributed by atoms with Gasteiger partial charge in [0.25, 0.3) is 0 Å². The van der Waals surface area contributed by atoms with Crippen LogP contribution in [-0.2, 0) is 9.84 Å². The Morgan fingerprint density at radius 2 is 1.77 bits per heavy atom. The number of hydrogen-bond acceptors (Lipinski definition) is 6. The van der Waals surface area contributed by atoms with Gasteiger partial charge in [-0.25, -0.2) is 8.42 Å². The molecule has 4 rings (SSSR count). The third-order valence-electron chi connectivity index (χ3n) is 6.06. The van der Waals surface area contributed by atoms with Crippen molar-refractivity contribution in [1.82, 2.24) is 4.90 Å². The maximum absolute atomic E-state index is 11.7. The number of benzene rings is 2. The zero-order valence-electron chi connectivity index (χ0n) is 18.7. The Balaban J connectivity index is 1.50. The quantitative estimate of drug-likeness (QED) is 0.724. The second-order valence-corrected chi connectivity index (χ2v) is 11.1. The first-order valence-corrected chi connectivity index (χ1v) is 13.0. The van der Waals surface area contributed by atoms with E-state index < -0.39 is 9.84 Å². The lowest BCUT2D eigenvalue weighted by Gasteiger charge is -2.42. The van der Waals surface area contributed by atoms with Gasteiger partial charge in [0.2, 0.25) is 0 Å². The number of hydrogen-bond donors (Lipinski definition) is 1. The van der Waals surface area contributed by atoms with Gasteiger partial charge in [-0.3, -0.25) is 0 Å². The summed E-state index contributed by atoms with van der Waals surface area (Å²) < 4.78 is 29.5. The highest BCUT2D eigenvalue weighted by Gasteiger charge is 2.30. The van der Waals surface area contributed by atoms with Crippen molar-refractivity contribution in [2.24, 2.45) is 5.92 Å². The SMILES string of the molecule is CC(C)CN1CCC(N2CCOc3c(Nc4ccc(S(C)(=O)=O)cc4)cccc32)CC1. The van der Waals surface area contributed by atoms with Crippen LogP contribution in [0.25, 0.3) is 0 Å². The number of piperidine rings is 1. The third-order valence-corrected chi connectivity index (χ3v) is 7.19. The van der Waals surface area contributed by atoms with Gasteiger partial charge < -0.3 is 19.9 Å². The highest BCUT2D eigenvalue weighted by Crippen LogP contribution is 2.41. The van der Waals surface area contributed by atoms with Crippen LogP contribution in [-0.4, -0.2) is 58.4 Å². The van der Waals surface area contributed by atoms with E-state index in [1.807, 2.05) is 6.07 Å². The van der Waals surface area contributed by atoms with Crippen LogP contribution in [0, 0.1) is 5.92 Å². The molecular formula is C24H33N3O3S. The molecule has 0 aromatic heterocycles. The zero-order valence-corrected chi connectivity index (χ0v) is 19.5. The Labute approximate surface area is 186 Å². The minimum absolute atomic E-state index is 0.319. The summed E-state index contributed by atoms with van der Waals surface area (Å²) in [5.41, 5.74) is 2.89. The highest BCUT2D eigenvalue weighted by molar-refractivity contribution is 7.90. The van der Waals surface area contributed by atoms with Gasteiger partial charge in [-0.05, 0) is 55.2 Å². The number of rotatable bonds is 6. The van der Waals surface area contributed by atoms with Crippen LogP contribution in [0.5, 0.6) is 5.75 Å². The molecule has 2 aromatic carbocycles.